The highest BCUT2D eigenvalue weighted by Crippen LogP contribution is 2.25. The van der Waals surface area contributed by atoms with E-state index in [1.165, 1.54) is 6.33 Å². The van der Waals surface area contributed by atoms with Crippen LogP contribution in [0.25, 0.3) is 0 Å². The molecule has 0 aliphatic rings. The zero-order chi connectivity index (χ0) is 14.4. The molecular formula is C14H20N4O2. The second-order valence-corrected chi connectivity index (χ2v) is 4.41. The van der Waals surface area contributed by atoms with Gasteiger partial charge in [-0.3, -0.25) is 4.68 Å². The lowest BCUT2D eigenvalue weighted by Gasteiger charge is -2.12. The van der Waals surface area contributed by atoms with Gasteiger partial charge in [-0.1, -0.05) is 13.0 Å². The van der Waals surface area contributed by atoms with E-state index in [9.17, 15) is 0 Å². The van der Waals surface area contributed by atoms with Gasteiger partial charge in [-0.05, 0) is 12.5 Å². The maximum absolute atomic E-state index is 5.79. The van der Waals surface area contributed by atoms with Crippen molar-refractivity contribution in [1.82, 2.24) is 14.8 Å². The van der Waals surface area contributed by atoms with Crippen LogP contribution in [0.5, 0.6) is 11.5 Å². The monoisotopic (exact) mass is 276 g/mol. The van der Waals surface area contributed by atoms with Crippen LogP contribution in [-0.2, 0) is 20.2 Å². The third kappa shape index (κ3) is 3.48. The Kier molecular flexibility index (Phi) is 4.95. The van der Waals surface area contributed by atoms with E-state index in [1.807, 2.05) is 25.2 Å². The third-order valence-electron chi connectivity index (χ3n) is 2.89. The van der Waals surface area contributed by atoms with Crippen LogP contribution >= 0.6 is 0 Å². The molecule has 0 atom stereocenters. The fourth-order valence-electron chi connectivity index (χ4n) is 1.74. The van der Waals surface area contributed by atoms with Crippen LogP contribution in [0, 0.1) is 0 Å². The Hall–Kier alpha value is -2.08. The molecular weight excluding hydrogens is 256 g/mol. The molecule has 0 amide bonds. The number of rotatable bonds is 7. The fraction of sp³-hybridized carbons (Fsp3) is 0.429. The van der Waals surface area contributed by atoms with Crippen molar-refractivity contribution >= 4 is 0 Å². The van der Waals surface area contributed by atoms with Gasteiger partial charge < -0.3 is 15.2 Å². The van der Waals surface area contributed by atoms with Gasteiger partial charge in [0, 0.05) is 25.2 Å². The second kappa shape index (κ2) is 6.91. The molecule has 6 heteroatoms. The van der Waals surface area contributed by atoms with Gasteiger partial charge >= 0.3 is 0 Å². The Labute approximate surface area is 118 Å². The Morgan fingerprint density at radius 2 is 2.15 bits per heavy atom. The van der Waals surface area contributed by atoms with Crippen molar-refractivity contribution < 1.29 is 9.47 Å². The van der Waals surface area contributed by atoms with E-state index in [1.54, 1.807) is 4.68 Å². The number of hydrogen-bond donors (Lipinski definition) is 1. The highest BCUT2D eigenvalue weighted by Gasteiger charge is 2.07. The summed E-state index contributed by atoms with van der Waals surface area (Å²) >= 11 is 0. The zero-order valence-corrected chi connectivity index (χ0v) is 11.9. The summed E-state index contributed by atoms with van der Waals surface area (Å²) < 4.78 is 13.1. The smallest absolute Gasteiger partial charge is 0.164 e. The van der Waals surface area contributed by atoms with Gasteiger partial charge in [-0.15, -0.1) is 0 Å². The van der Waals surface area contributed by atoms with Crippen LogP contribution in [0.1, 0.15) is 24.7 Å². The predicted octanol–water partition coefficient (Wildman–Crippen LogP) is 1.64. The van der Waals surface area contributed by atoms with Crippen LogP contribution < -0.4 is 15.2 Å². The molecule has 1 aromatic heterocycles. The zero-order valence-electron chi connectivity index (χ0n) is 11.9. The first-order valence-corrected chi connectivity index (χ1v) is 6.66. The van der Waals surface area contributed by atoms with E-state index >= 15 is 0 Å². The molecule has 0 saturated carbocycles. The first-order valence-electron chi connectivity index (χ1n) is 6.66. The number of benzene rings is 1. The van der Waals surface area contributed by atoms with Gasteiger partial charge in [0.1, 0.15) is 24.4 Å². The average molecular weight is 276 g/mol. The summed E-state index contributed by atoms with van der Waals surface area (Å²) in [6.07, 6.45) is 2.47. The molecule has 0 bridgehead atoms. The van der Waals surface area contributed by atoms with Crippen molar-refractivity contribution in [1.29, 1.82) is 0 Å². The highest BCUT2D eigenvalue weighted by molar-refractivity contribution is 5.40. The van der Waals surface area contributed by atoms with Crippen LogP contribution in [0.15, 0.2) is 24.5 Å². The molecule has 0 saturated heterocycles. The number of ether oxygens (including phenoxy) is 2. The van der Waals surface area contributed by atoms with E-state index < -0.39 is 0 Å². The average Bonchev–Trinajstić information content (AvgIpc) is 2.88. The molecule has 0 aliphatic heterocycles. The largest absolute Gasteiger partial charge is 0.493 e. The van der Waals surface area contributed by atoms with Gasteiger partial charge in [-0.2, -0.15) is 5.10 Å². The van der Waals surface area contributed by atoms with Gasteiger partial charge in [-0.25, -0.2) is 4.98 Å². The lowest BCUT2D eigenvalue weighted by molar-refractivity contribution is 0.280. The van der Waals surface area contributed by atoms with E-state index in [0.29, 0.717) is 19.8 Å². The number of nitrogens with two attached hydrogens (primary N) is 1. The summed E-state index contributed by atoms with van der Waals surface area (Å²) in [5.74, 6) is 2.27. The minimum absolute atomic E-state index is 0.348. The van der Waals surface area contributed by atoms with E-state index in [0.717, 1.165) is 29.3 Å². The first kappa shape index (κ1) is 14.3. The maximum Gasteiger partial charge on any atom is 0.164 e. The normalized spacial score (nSPS) is 10.6. The van der Waals surface area contributed by atoms with Crippen LogP contribution in [0.4, 0.5) is 0 Å². The number of aromatic nitrogens is 3. The summed E-state index contributed by atoms with van der Waals surface area (Å²) in [6.45, 7) is 3.52. The molecule has 2 aromatic rings. The van der Waals surface area contributed by atoms with E-state index in [2.05, 4.69) is 17.0 Å². The molecule has 0 spiro atoms. The standard InChI is InChI=1S/C14H20N4O2/c1-3-6-19-12-5-4-11(8-15)13(7-12)20-9-14-16-10-17-18(14)2/h4-5,7,10H,3,6,8-9,15H2,1-2H3. The quantitative estimate of drug-likeness (QED) is 0.832. The Balaban J connectivity index is 2.09. The summed E-state index contributed by atoms with van der Waals surface area (Å²) in [7, 11) is 1.83. The van der Waals surface area contributed by atoms with Crippen molar-refractivity contribution in [2.75, 3.05) is 6.61 Å². The molecule has 0 fully saturated rings. The molecule has 2 rings (SSSR count). The summed E-state index contributed by atoms with van der Waals surface area (Å²) in [4.78, 5) is 4.12. The summed E-state index contributed by atoms with van der Waals surface area (Å²) in [5.41, 5.74) is 6.67. The topological polar surface area (TPSA) is 75.2 Å². The summed E-state index contributed by atoms with van der Waals surface area (Å²) in [6, 6.07) is 5.71. The Morgan fingerprint density at radius 3 is 2.80 bits per heavy atom. The minimum Gasteiger partial charge on any atom is -0.493 e. The molecule has 20 heavy (non-hydrogen) atoms. The Morgan fingerprint density at radius 1 is 1.30 bits per heavy atom. The van der Waals surface area contributed by atoms with Crippen molar-refractivity contribution in [3.05, 3.63) is 35.9 Å². The molecule has 1 heterocycles. The minimum atomic E-state index is 0.348. The van der Waals surface area contributed by atoms with Crippen LogP contribution in [0.2, 0.25) is 0 Å². The second-order valence-electron chi connectivity index (χ2n) is 4.41. The van der Waals surface area contributed by atoms with Gasteiger partial charge in [0.25, 0.3) is 0 Å². The Bertz CT molecular complexity index is 554. The number of hydrogen-bond acceptors (Lipinski definition) is 5. The predicted molar refractivity (Wildman–Crippen MR) is 75.5 cm³/mol. The van der Waals surface area contributed by atoms with Crippen molar-refractivity contribution in [3.63, 3.8) is 0 Å². The first-order chi connectivity index (χ1) is 9.74. The molecule has 0 unspecified atom stereocenters. The van der Waals surface area contributed by atoms with Crippen molar-refractivity contribution in [3.8, 4) is 11.5 Å². The molecule has 0 aliphatic carbocycles. The van der Waals surface area contributed by atoms with Crippen molar-refractivity contribution in [2.45, 2.75) is 26.5 Å². The number of aryl methyl sites for hydroxylation is 1. The third-order valence-corrected chi connectivity index (χ3v) is 2.89. The molecule has 6 nitrogen and oxygen atoms in total. The maximum atomic E-state index is 5.79. The SMILES string of the molecule is CCCOc1ccc(CN)c(OCc2ncnn2C)c1. The summed E-state index contributed by atoms with van der Waals surface area (Å²) in [5, 5.41) is 4.01. The van der Waals surface area contributed by atoms with Crippen LogP contribution in [0.3, 0.4) is 0 Å². The highest BCUT2D eigenvalue weighted by atomic mass is 16.5. The van der Waals surface area contributed by atoms with E-state index in [4.69, 9.17) is 15.2 Å². The van der Waals surface area contributed by atoms with Crippen LogP contribution in [-0.4, -0.2) is 21.4 Å². The van der Waals surface area contributed by atoms with Gasteiger partial charge in [0.05, 0.1) is 6.61 Å². The lowest BCUT2D eigenvalue weighted by atomic mass is 10.2. The molecule has 0 radical (unpaired) electrons. The molecule has 1 aromatic carbocycles. The number of nitrogens with zero attached hydrogens (tertiary/aromatic N) is 3. The fourth-order valence-corrected chi connectivity index (χ4v) is 1.74. The molecule has 108 valence electrons. The van der Waals surface area contributed by atoms with E-state index in [-0.39, 0.29) is 0 Å². The van der Waals surface area contributed by atoms with Crippen molar-refractivity contribution in [2.24, 2.45) is 12.8 Å². The lowest BCUT2D eigenvalue weighted by Crippen LogP contribution is -2.07. The molecule has 2 N–H and O–H groups in total. The van der Waals surface area contributed by atoms with Gasteiger partial charge in [0.15, 0.2) is 5.82 Å². The van der Waals surface area contributed by atoms with Gasteiger partial charge in [0.2, 0.25) is 0 Å².